The molecule has 0 saturated carbocycles. The van der Waals surface area contributed by atoms with Gasteiger partial charge in [-0.2, -0.15) is 13.2 Å². The Morgan fingerprint density at radius 3 is 2.43 bits per heavy atom. The zero-order chi connectivity index (χ0) is 10.8. The summed E-state index contributed by atoms with van der Waals surface area (Å²) in [6, 6.07) is 4.07. The normalized spacial score (nSPS) is 11.7. The molecule has 4 heteroatoms. The predicted molar refractivity (Wildman–Crippen MR) is 49.9 cm³/mol. The highest BCUT2D eigenvalue weighted by molar-refractivity contribution is 5.50. The number of nitrogens with two attached hydrogens (primary N) is 1. The first-order valence-corrected chi connectivity index (χ1v) is 4.40. The van der Waals surface area contributed by atoms with E-state index in [9.17, 15) is 13.2 Å². The summed E-state index contributed by atoms with van der Waals surface area (Å²) in [6.07, 6.45) is -2.89. The van der Waals surface area contributed by atoms with Gasteiger partial charge in [-0.1, -0.05) is 19.4 Å². The van der Waals surface area contributed by atoms with Crippen molar-refractivity contribution in [1.82, 2.24) is 0 Å². The Labute approximate surface area is 80.7 Å². The van der Waals surface area contributed by atoms with E-state index in [4.69, 9.17) is 5.73 Å². The lowest BCUT2D eigenvalue weighted by molar-refractivity contribution is -0.136. The standard InChI is InChI=1S/C10H12F3N/c1-2-3-7-4-5-9(14)8(6-7)10(11,12)13/h4-6H,2-3,14H2,1H3. The summed E-state index contributed by atoms with van der Waals surface area (Å²) in [4.78, 5) is 0. The van der Waals surface area contributed by atoms with E-state index in [0.717, 1.165) is 12.5 Å². The van der Waals surface area contributed by atoms with E-state index in [0.29, 0.717) is 12.0 Å². The smallest absolute Gasteiger partial charge is 0.398 e. The first-order chi connectivity index (χ1) is 6.45. The van der Waals surface area contributed by atoms with E-state index in [2.05, 4.69) is 0 Å². The van der Waals surface area contributed by atoms with Gasteiger partial charge in [0, 0.05) is 5.69 Å². The maximum Gasteiger partial charge on any atom is 0.418 e. The van der Waals surface area contributed by atoms with Gasteiger partial charge in [-0.15, -0.1) is 0 Å². The van der Waals surface area contributed by atoms with Crippen LogP contribution < -0.4 is 5.73 Å². The van der Waals surface area contributed by atoms with Crippen LogP contribution in [0.25, 0.3) is 0 Å². The second kappa shape index (κ2) is 3.90. The predicted octanol–water partition coefficient (Wildman–Crippen LogP) is 3.24. The zero-order valence-electron chi connectivity index (χ0n) is 7.86. The third kappa shape index (κ3) is 2.40. The second-order valence-corrected chi connectivity index (χ2v) is 3.17. The Bertz CT molecular complexity index is 318. The Morgan fingerprint density at radius 1 is 1.29 bits per heavy atom. The van der Waals surface area contributed by atoms with Crippen LogP contribution in [0.4, 0.5) is 18.9 Å². The minimum absolute atomic E-state index is 0.211. The van der Waals surface area contributed by atoms with Crippen LogP contribution in [-0.2, 0) is 12.6 Å². The van der Waals surface area contributed by atoms with Crippen LogP contribution in [0.3, 0.4) is 0 Å². The maximum atomic E-state index is 12.4. The lowest BCUT2D eigenvalue weighted by atomic mass is 10.0. The average Bonchev–Trinajstić information content (AvgIpc) is 2.07. The number of rotatable bonds is 2. The molecule has 1 nitrogen and oxygen atoms in total. The number of hydrogen-bond acceptors (Lipinski definition) is 1. The van der Waals surface area contributed by atoms with Crippen molar-refractivity contribution in [3.8, 4) is 0 Å². The number of anilines is 1. The Morgan fingerprint density at radius 2 is 1.93 bits per heavy atom. The summed E-state index contributed by atoms with van der Waals surface area (Å²) in [5.74, 6) is 0. The molecule has 0 aromatic heterocycles. The molecular weight excluding hydrogens is 191 g/mol. The molecule has 0 saturated heterocycles. The highest BCUT2D eigenvalue weighted by Gasteiger charge is 2.32. The number of alkyl halides is 3. The van der Waals surface area contributed by atoms with Gasteiger partial charge in [0.15, 0.2) is 0 Å². The van der Waals surface area contributed by atoms with Crippen molar-refractivity contribution in [2.24, 2.45) is 0 Å². The van der Waals surface area contributed by atoms with Crippen LogP contribution in [0.2, 0.25) is 0 Å². The quantitative estimate of drug-likeness (QED) is 0.733. The summed E-state index contributed by atoms with van der Waals surface area (Å²) in [5, 5.41) is 0. The molecule has 1 rings (SSSR count). The first kappa shape index (κ1) is 10.9. The molecule has 0 atom stereocenters. The molecule has 1 aromatic carbocycles. The second-order valence-electron chi connectivity index (χ2n) is 3.17. The minimum Gasteiger partial charge on any atom is -0.398 e. The SMILES string of the molecule is CCCc1ccc(N)c(C(F)(F)F)c1. The topological polar surface area (TPSA) is 26.0 Å². The van der Waals surface area contributed by atoms with Gasteiger partial charge in [-0.25, -0.2) is 0 Å². The van der Waals surface area contributed by atoms with Crippen LogP contribution in [0.15, 0.2) is 18.2 Å². The number of halogens is 3. The van der Waals surface area contributed by atoms with E-state index < -0.39 is 11.7 Å². The molecule has 0 bridgehead atoms. The summed E-state index contributed by atoms with van der Waals surface area (Å²) in [6.45, 7) is 1.92. The van der Waals surface area contributed by atoms with Crippen LogP contribution in [0.1, 0.15) is 24.5 Å². The molecule has 0 radical (unpaired) electrons. The monoisotopic (exact) mass is 203 g/mol. The molecule has 0 spiro atoms. The van der Waals surface area contributed by atoms with Gasteiger partial charge in [0.05, 0.1) is 5.56 Å². The first-order valence-electron chi connectivity index (χ1n) is 4.40. The largest absolute Gasteiger partial charge is 0.418 e. The van der Waals surface area contributed by atoms with Gasteiger partial charge in [-0.3, -0.25) is 0 Å². The van der Waals surface area contributed by atoms with Crippen molar-refractivity contribution in [2.75, 3.05) is 5.73 Å². The van der Waals surface area contributed by atoms with E-state index >= 15 is 0 Å². The number of nitrogen functional groups attached to an aromatic ring is 1. The fourth-order valence-electron chi connectivity index (χ4n) is 1.29. The maximum absolute atomic E-state index is 12.4. The van der Waals surface area contributed by atoms with Crippen LogP contribution in [0.5, 0.6) is 0 Å². The van der Waals surface area contributed by atoms with Gasteiger partial charge in [0.2, 0.25) is 0 Å². The molecule has 0 aliphatic rings. The third-order valence-electron chi connectivity index (χ3n) is 1.96. The third-order valence-corrected chi connectivity index (χ3v) is 1.96. The van der Waals surface area contributed by atoms with Crippen molar-refractivity contribution in [3.63, 3.8) is 0 Å². The van der Waals surface area contributed by atoms with Crippen molar-refractivity contribution < 1.29 is 13.2 Å². The van der Waals surface area contributed by atoms with Gasteiger partial charge in [-0.05, 0) is 24.1 Å². The van der Waals surface area contributed by atoms with Crippen LogP contribution in [-0.4, -0.2) is 0 Å². The van der Waals surface area contributed by atoms with E-state index in [1.54, 1.807) is 6.07 Å². The van der Waals surface area contributed by atoms with E-state index in [1.807, 2.05) is 6.92 Å². The molecule has 0 heterocycles. The summed E-state index contributed by atoms with van der Waals surface area (Å²) >= 11 is 0. The molecule has 2 N–H and O–H groups in total. The molecular formula is C10H12F3N. The highest BCUT2D eigenvalue weighted by atomic mass is 19.4. The number of benzene rings is 1. The minimum atomic E-state index is -4.35. The molecule has 0 unspecified atom stereocenters. The van der Waals surface area contributed by atoms with Crippen molar-refractivity contribution in [1.29, 1.82) is 0 Å². The average molecular weight is 203 g/mol. The lowest BCUT2D eigenvalue weighted by Crippen LogP contribution is -2.09. The Balaban J connectivity index is 3.09. The number of hydrogen-bond donors (Lipinski definition) is 1. The highest BCUT2D eigenvalue weighted by Crippen LogP contribution is 2.34. The molecule has 0 aliphatic heterocycles. The summed E-state index contributed by atoms with van der Waals surface area (Å²) < 4.78 is 37.2. The molecule has 78 valence electrons. The van der Waals surface area contributed by atoms with Gasteiger partial charge in [0.1, 0.15) is 0 Å². The van der Waals surface area contributed by atoms with E-state index in [-0.39, 0.29) is 5.69 Å². The summed E-state index contributed by atoms with van der Waals surface area (Å²) in [7, 11) is 0. The van der Waals surface area contributed by atoms with Crippen molar-refractivity contribution >= 4 is 5.69 Å². The van der Waals surface area contributed by atoms with E-state index in [1.165, 1.54) is 6.07 Å². The summed E-state index contributed by atoms with van der Waals surface area (Å²) in [5.41, 5.74) is 4.98. The Hall–Kier alpha value is -1.19. The fourth-order valence-corrected chi connectivity index (χ4v) is 1.29. The van der Waals surface area contributed by atoms with Crippen molar-refractivity contribution in [2.45, 2.75) is 25.9 Å². The van der Waals surface area contributed by atoms with Gasteiger partial charge < -0.3 is 5.73 Å². The van der Waals surface area contributed by atoms with Crippen LogP contribution >= 0.6 is 0 Å². The van der Waals surface area contributed by atoms with Crippen LogP contribution in [0, 0.1) is 0 Å². The van der Waals surface area contributed by atoms with Gasteiger partial charge in [0.25, 0.3) is 0 Å². The van der Waals surface area contributed by atoms with Crippen molar-refractivity contribution in [3.05, 3.63) is 29.3 Å². The number of aryl methyl sites for hydroxylation is 1. The lowest BCUT2D eigenvalue weighted by Gasteiger charge is -2.11. The fraction of sp³-hybridized carbons (Fsp3) is 0.400. The Kier molecular flexibility index (Phi) is 3.03. The molecule has 1 aromatic rings. The van der Waals surface area contributed by atoms with Gasteiger partial charge >= 0.3 is 6.18 Å². The molecule has 0 aliphatic carbocycles. The molecule has 0 amide bonds. The molecule has 14 heavy (non-hydrogen) atoms. The zero-order valence-corrected chi connectivity index (χ0v) is 7.86. The molecule has 0 fully saturated rings.